The first-order chi connectivity index (χ1) is 15.0. The molecule has 1 atom stereocenters. The van der Waals surface area contributed by atoms with Gasteiger partial charge in [-0.05, 0) is 37.6 Å². The maximum atomic E-state index is 12.7. The molecule has 164 valence electrons. The Morgan fingerprint density at radius 1 is 1.19 bits per heavy atom. The highest BCUT2D eigenvalue weighted by Crippen LogP contribution is 2.35. The highest BCUT2D eigenvalue weighted by atomic mass is 32.2. The molecule has 0 saturated carbocycles. The van der Waals surface area contributed by atoms with Crippen molar-refractivity contribution in [1.29, 1.82) is 5.26 Å². The van der Waals surface area contributed by atoms with Crippen molar-refractivity contribution in [3.05, 3.63) is 54.0 Å². The second-order valence-corrected chi connectivity index (χ2v) is 8.84. The van der Waals surface area contributed by atoms with Gasteiger partial charge >= 0.3 is 6.18 Å². The number of nitriles is 1. The van der Waals surface area contributed by atoms with E-state index in [-0.39, 0.29) is 11.4 Å². The predicted molar refractivity (Wildman–Crippen MR) is 109 cm³/mol. The predicted octanol–water partition coefficient (Wildman–Crippen LogP) is 3.31. The Morgan fingerprint density at radius 2 is 1.84 bits per heavy atom. The molecule has 0 saturated heterocycles. The van der Waals surface area contributed by atoms with Crippen LogP contribution in [0.25, 0.3) is 28.2 Å². The minimum atomic E-state index is -4.74. The standard InChI is InChI=1S/C20H15F3N6O2S/c1-11-6-16-17(25-8-11)15(7-24)18(29(16)13-4-3-5-13)19-26-9-14(10-27-19)32(30,31)28-12(2)20(21,22)23/h3-6,8-10,12,28H,1-2H3/t12-/m0/s1. The van der Waals surface area contributed by atoms with Crippen molar-refractivity contribution < 1.29 is 21.6 Å². The molecule has 1 aliphatic rings. The van der Waals surface area contributed by atoms with Crippen LogP contribution in [-0.2, 0) is 10.0 Å². The fourth-order valence-electron chi connectivity index (χ4n) is 3.12. The molecule has 0 aliphatic heterocycles. The average molecular weight is 460 g/mol. The topological polar surface area (TPSA) is 114 Å². The van der Waals surface area contributed by atoms with Gasteiger partial charge < -0.3 is 4.57 Å². The van der Waals surface area contributed by atoms with Crippen LogP contribution in [0.2, 0.25) is 0 Å². The number of nitrogens with zero attached hydrogens (tertiary/aromatic N) is 5. The van der Waals surface area contributed by atoms with Crippen molar-refractivity contribution in [2.45, 2.75) is 31.0 Å². The number of rotatable bonds is 5. The third-order valence-corrected chi connectivity index (χ3v) is 6.31. The van der Waals surface area contributed by atoms with E-state index in [2.05, 4.69) is 21.0 Å². The Hall–Kier alpha value is -3.56. The molecule has 3 heterocycles. The molecule has 0 bridgehead atoms. The van der Waals surface area contributed by atoms with Crippen LogP contribution in [-0.4, -0.2) is 40.2 Å². The summed E-state index contributed by atoms with van der Waals surface area (Å²) < 4.78 is 66.1. The number of nitrogens with one attached hydrogen (secondary N) is 1. The van der Waals surface area contributed by atoms with Gasteiger partial charge in [0.05, 0.1) is 17.9 Å². The molecule has 0 amide bonds. The first kappa shape index (κ1) is 21.7. The fraction of sp³-hybridized carbons (Fsp3) is 0.200. The summed E-state index contributed by atoms with van der Waals surface area (Å²) in [5, 5.41) is 9.78. The summed E-state index contributed by atoms with van der Waals surface area (Å²) >= 11 is 0. The summed E-state index contributed by atoms with van der Waals surface area (Å²) in [4.78, 5) is 11.9. The number of halogens is 3. The van der Waals surface area contributed by atoms with E-state index in [0.717, 1.165) is 23.7 Å². The van der Waals surface area contributed by atoms with Crippen LogP contribution in [0.15, 0.2) is 47.8 Å². The van der Waals surface area contributed by atoms with Crippen molar-refractivity contribution >= 4 is 26.8 Å². The molecule has 0 fully saturated rings. The van der Waals surface area contributed by atoms with E-state index in [0.29, 0.717) is 23.7 Å². The molecule has 12 heteroatoms. The second-order valence-electron chi connectivity index (χ2n) is 7.13. The zero-order valence-corrected chi connectivity index (χ0v) is 17.5. The highest BCUT2D eigenvalue weighted by molar-refractivity contribution is 7.89. The zero-order valence-electron chi connectivity index (χ0n) is 16.7. The fourth-order valence-corrected chi connectivity index (χ4v) is 4.24. The maximum absolute atomic E-state index is 12.7. The molecular formula is C20H15F3N6O2S. The summed E-state index contributed by atoms with van der Waals surface area (Å²) in [6.45, 7) is 2.55. The quantitative estimate of drug-likeness (QED) is 0.625. The molecular weight excluding hydrogens is 445 g/mol. The number of hydrogen-bond acceptors (Lipinski definition) is 6. The van der Waals surface area contributed by atoms with E-state index < -0.39 is 27.1 Å². The van der Waals surface area contributed by atoms with Crippen molar-refractivity contribution in [1.82, 2.24) is 24.2 Å². The van der Waals surface area contributed by atoms with Gasteiger partial charge in [-0.3, -0.25) is 4.98 Å². The SMILES string of the molecule is Cc1cnc2c(C#N)c(-c3ncc(S(=O)(=O)N[C@@H](C)C(F)(F)F)cn3)n(C3=CC=C3)c2c1. The highest BCUT2D eigenvalue weighted by Gasteiger charge is 2.39. The van der Waals surface area contributed by atoms with Crippen LogP contribution in [0.1, 0.15) is 18.1 Å². The van der Waals surface area contributed by atoms with Gasteiger partial charge in [-0.2, -0.15) is 23.2 Å². The van der Waals surface area contributed by atoms with E-state index in [1.54, 1.807) is 15.5 Å². The number of pyridine rings is 1. The number of sulfonamides is 1. The Balaban J connectivity index is 1.82. The number of aromatic nitrogens is 4. The number of hydrogen-bond donors (Lipinski definition) is 1. The summed E-state index contributed by atoms with van der Waals surface area (Å²) in [5.41, 5.74) is 3.18. The average Bonchev–Trinajstić information content (AvgIpc) is 2.99. The van der Waals surface area contributed by atoms with Crippen molar-refractivity contribution in [3.63, 3.8) is 0 Å². The van der Waals surface area contributed by atoms with Gasteiger partial charge in [-0.25, -0.2) is 18.4 Å². The maximum Gasteiger partial charge on any atom is 0.404 e. The monoisotopic (exact) mass is 460 g/mol. The smallest absolute Gasteiger partial charge is 0.304 e. The first-order valence-electron chi connectivity index (χ1n) is 9.24. The lowest BCUT2D eigenvalue weighted by atomic mass is 10.2. The molecule has 3 aromatic rings. The van der Waals surface area contributed by atoms with Crippen molar-refractivity contribution in [2.75, 3.05) is 0 Å². The van der Waals surface area contributed by atoms with E-state index >= 15 is 0 Å². The number of alkyl halides is 3. The minimum absolute atomic E-state index is 0.0289. The van der Waals surface area contributed by atoms with Gasteiger partial charge in [0, 0.05) is 11.9 Å². The largest absolute Gasteiger partial charge is 0.404 e. The van der Waals surface area contributed by atoms with Crippen LogP contribution >= 0.6 is 0 Å². The number of aryl methyl sites for hydroxylation is 1. The van der Waals surface area contributed by atoms with E-state index in [4.69, 9.17) is 0 Å². The van der Waals surface area contributed by atoms with E-state index in [1.807, 2.05) is 31.2 Å². The van der Waals surface area contributed by atoms with Crippen LogP contribution in [0, 0.1) is 18.3 Å². The molecule has 32 heavy (non-hydrogen) atoms. The summed E-state index contributed by atoms with van der Waals surface area (Å²) in [7, 11) is -4.51. The van der Waals surface area contributed by atoms with Gasteiger partial charge in [0.2, 0.25) is 10.0 Å². The molecule has 0 spiro atoms. The van der Waals surface area contributed by atoms with Gasteiger partial charge in [0.25, 0.3) is 0 Å². The Morgan fingerprint density at radius 3 is 2.38 bits per heavy atom. The lowest BCUT2D eigenvalue weighted by molar-refractivity contribution is -0.147. The van der Waals surface area contributed by atoms with Crippen LogP contribution in [0.3, 0.4) is 0 Å². The van der Waals surface area contributed by atoms with E-state index in [9.17, 15) is 26.9 Å². The molecule has 0 radical (unpaired) electrons. The zero-order chi connectivity index (χ0) is 23.3. The van der Waals surface area contributed by atoms with Crippen LogP contribution in [0.5, 0.6) is 0 Å². The van der Waals surface area contributed by atoms with Crippen LogP contribution in [0.4, 0.5) is 13.2 Å². The van der Waals surface area contributed by atoms with Gasteiger partial charge in [-0.15, -0.1) is 0 Å². The summed E-state index contributed by atoms with van der Waals surface area (Å²) in [6, 6.07) is 1.66. The molecule has 8 nitrogen and oxygen atoms in total. The third kappa shape index (κ3) is 3.65. The van der Waals surface area contributed by atoms with Gasteiger partial charge in [0.15, 0.2) is 5.82 Å². The summed E-state index contributed by atoms with van der Waals surface area (Å²) in [6.07, 6.45) is 4.12. The second kappa shape index (κ2) is 7.54. The van der Waals surface area contributed by atoms with Gasteiger partial charge in [0.1, 0.15) is 33.8 Å². The first-order valence-corrected chi connectivity index (χ1v) is 10.7. The normalized spacial score (nSPS) is 14.7. The van der Waals surface area contributed by atoms with E-state index in [1.165, 1.54) is 0 Å². The molecule has 0 aromatic carbocycles. The van der Waals surface area contributed by atoms with Crippen molar-refractivity contribution in [3.8, 4) is 17.6 Å². The van der Waals surface area contributed by atoms with Gasteiger partial charge in [-0.1, -0.05) is 6.08 Å². The molecule has 4 rings (SSSR count). The lowest BCUT2D eigenvalue weighted by Gasteiger charge is -2.17. The molecule has 3 aromatic heterocycles. The Bertz CT molecular complexity index is 1430. The lowest BCUT2D eigenvalue weighted by Crippen LogP contribution is -2.43. The molecule has 1 aliphatic carbocycles. The molecule has 1 N–H and O–H groups in total. The molecule has 0 unspecified atom stereocenters. The Kier molecular flexibility index (Phi) is 5.10. The minimum Gasteiger partial charge on any atom is -0.304 e. The van der Waals surface area contributed by atoms with Crippen LogP contribution < -0.4 is 4.72 Å². The third-order valence-electron chi connectivity index (χ3n) is 4.82. The number of fused-ring (bicyclic) bond motifs is 1. The Labute approximate surface area is 180 Å². The van der Waals surface area contributed by atoms with Crippen molar-refractivity contribution in [2.24, 2.45) is 0 Å². The summed E-state index contributed by atoms with van der Waals surface area (Å²) in [5.74, 6) is 0.0289. The number of allylic oxidation sites excluding steroid dienone is 4.